The van der Waals surface area contributed by atoms with Crippen LogP contribution < -0.4 is 0 Å². The van der Waals surface area contributed by atoms with Crippen LogP contribution in [0.5, 0.6) is 0 Å². The second-order valence-corrected chi connectivity index (χ2v) is 27.2. The normalized spacial score (nSPS) is 14.2. The number of esters is 4. The minimum absolute atomic E-state index is 0.102. The molecule has 0 aliphatic rings. The Morgan fingerprint density at radius 1 is 0.318 bits per heavy atom. The lowest BCUT2D eigenvalue weighted by molar-refractivity contribution is -0.161. The maximum Gasteiger partial charge on any atom is 0.472 e. The van der Waals surface area contributed by atoms with E-state index in [0.717, 1.165) is 103 Å². The lowest BCUT2D eigenvalue weighted by atomic mass is 10.0. The van der Waals surface area contributed by atoms with Crippen LogP contribution in [0.2, 0.25) is 0 Å². The number of hydrogen-bond donors (Lipinski definition) is 3. The van der Waals surface area contributed by atoms with Crippen LogP contribution in [-0.4, -0.2) is 96.7 Å². The third-order valence-corrected chi connectivity index (χ3v) is 17.2. The first-order valence-corrected chi connectivity index (χ1v) is 37.6. The second-order valence-electron chi connectivity index (χ2n) is 24.3. The van der Waals surface area contributed by atoms with E-state index < -0.39 is 97.5 Å². The van der Waals surface area contributed by atoms with Crippen molar-refractivity contribution in [3.8, 4) is 0 Å². The number of aliphatic hydroxyl groups is 1. The van der Waals surface area contributed by atoms with E-state index in [1.165, 1.54) is 148 Å². The summed E-state index contributed by atoms with van der Waals surface area (Å²) < 4.78 is 68.0. The predicted molar refractivity (Wildman–Crippen MR) is 340 cm³/mol. The molecule has 0 aliphatic carbocycles. The van der Waals surface area contributed by atoms with E-state index in [-0.39, 0.29) is 25.7 Å². The van der Waals surface area contributed by atoms with E-state index in [0.29, 0.717) is 31.6 Å². The van der Waals surface area contributed by atoms with Gasteiger partial charge in [-0.3, -0.25) is 37.3 Å². The van der Waals surface area contributed by atoms with Crippen molar-refractivity contribution in [1.29, 1.82) is 0 Å². The highest BCUT2D eigenvalue weighted by molar-refractivity contribution is 7.47. The molecule has 5 atom stereocenters. The Labute approximate surface area is 517 Å². The zero-order valence-corrected chi connectivity index (χ0v) is 56.5. The maximum atomic E-state index is 13.0. The number of aliphatic hydroxyl groups excluding tert-OH is 1. The molecule has 85 heavy (non-hydrogen) atoms. The standard InChI is InChI=1S/C66H128O17P2/c1-6-9-12-15-18-20-22-24-26-28-30-32-35-41-46-51-65(70)82-61(56-77-64(69)50-45-40-34-31-29-27-25-23-21-19-16-13-10-7-2)57-80-84(72,73)78-53-60(67)54-79-85(74,75)81-58-62(55-76-63(68)49-44-39-33-17-14-11-8-3)83-66(71)52-47-42-37-36-38-43-48-59(4)5/h59-62,67H,6-58H2,1-5H3,(H,72,73)(H,74,75)/t60-,61-,62-/m1/s1. The molecule has 0 aromatic carbocycles. The summed E-state index contributed by atoms with van der Waals surface area (Å²) in [6.45, 7) is 7.09. The first kappa shape index (κ1) is 83.1. The highest BCUT2D eigenvalue weighted by atomic mass is 31.2. The van der Waals surface area contributed by atoms with Crippen LogP contribution in [0.15, 0.2) is 0 Å². The third-order valence-electron chi connectivity index (χ3n) is 15.3. The number of ether oxygens (including phenoxy) is 4. The van der Waals surface area contributed by atoms with Gasteiger partial charge in [0.25, 0.3) is 0 Å². The molecular formula is C66H128O17P2. The van der Waals surface area contributed by atoms with E-state index in [1.54, 1.807) is 0 Å². The van der Waals surface area contributed by atoms with Crippen LogP contribution in [-0.2, 0) is 65.4 Å². The molecule has 0 radical (unpaired) electrons. The number of phosphoric ester groups is 2. The highest BCUT2D eigenvalue weighted by Gasteiger charge is 2.30. The van der Waals surface area contributed by atoms with Gasteiger partial charge in [-0.15, -0.1) is 0 Å². The molecule has 0 saturated carbocycles. The number of rotatable bonds is 66. The molecule has 0 amide bonds. The molecule has 17 nitrogen and oxygen atoms in total. The smallest absolute Gasteiger partial charge is 0.462 e. The molecule has 2 unspecified atom stereocenters. The van der Waals surface area contributed by atoms with E-state index in [1.807, 2.05) is 0 Å². The Kier molecular flexibility index (Phi) is 58.3. The van der Waals surface area contributed by atoms with Crippen LogP contribution in [0.1, 0.15) is 336 Å². The highest BCUT2D eigenvalue weighted by Crippen LogP contribution is 2.45. The van der Waals surface area contributed by atoms with Gasteiger partial charge >= 0.3 is 39.5 Å². The molecule has 0 spiro atoms. The van der Waals surface area contributed by atoms with Crippen LogP contribution in [0.25, 0.3) is 0 Å². The van der Waals surface area contributed by atoms with Crippen molar-refractivity contribution in [1.82, 2.24) is 0 Å². The van der Waals surface area contributed by atoms with Gasteiger partial charge in [0.2, 0.25) is 0 Å². The molecule has 0 fully saturated rings. The monoisotopic (exact) mass is 1250 g/mol. The first-order valence-electron chi connectivity index (χ1n) is 34.6. The minimum Gasteiger partial charge on any atom is -0.462 e. The largest absolute Gasteiger partial charge is 0.472 e. The van der Waals surface area contributed by atoms with Crippen molar-refractivity contribution in [3.05, 3.63) is 0 Å². The third kappa shape index (κ3) is 60.7. The number of phosphoric acid groups is 2. The van der Waals surface area contributed by atoms with Crippen molar-refractivity contribution in [2.45, 2.75) is 355 Å². The van der Waals surface area contributed by atoms with Crippen molar-refractivity contribution in [2.75, 3.05) is 39.6 Å². The van der Waals surface area contributed by atoms with Gasteiger partial charge < -0.3 is 33.8 Å². The Bertz CT molecular complexity index is 1650. The Hall–Kier alpha value is -1.94. The molecule has 0 aromatic rings. The van der Waals surface area contributed by atoms with E-state index in [4.69, 9.17) is 37.0 Å². The Balaban J connectivity index is 5.20. The van der Waals surface area contributed by atoms with Crippen molar-refractivity contribution < 1.29 is 80.2 Å². The molecule has 0 saturated heterocycles. The van der Waals surface area contributed by atoms with Gasteiger partial charge in [-0.2, -0.15) is 0 Å². The SMILES string of the molecule is CCCCCCCCCCCCCCCCCC(=O)O[C@H](COC(=O)CCCCCCCCCCCCCCCC)COP(=O)(O)OC[C@@H](O)COP(=O)(O)OC[C@@H](COC(=O)CCCCCCCCC)OC(=O)CCCCCCCCC(C)C. The fraction of sp³-hybridized carbons (Fsp3) is 0.939. The van der Waals surface area contributed by atoms with Gasteiger partial charge in [0.1, 0.15) is 19.3 Å². The number of hydrogen-bond acceptors (Lipinski definition) is 15. The molecule has 0 bridgehead atoms. The van der Waals surface area contributed by atoms with E-state index in [2.05, 4.69) is 34.6 Å². The number of carbonyl (C=O) groups excluding carboxylic acids is 4. The fourth-order valence-electron chi connectivity index (χ4n) is 9.94. The van der Waals surface area contributed by atoms with Crippen LogP contribution in [0, 0.1) is 5.92 Å². The van der Waals surface area contributed by atoms with Gasteiger partial charge in [-0.25, -0.2) is 9.13 Å². The van der Waals surface area contributed by atoms with Crippen molar-refractivity contribution >= 4 is 39.5 Å². The zero-order chi connectivity index (χ0) is 62.8. The summed E-state index contributed by atoms with van der Waals surface area (Å²) in [5.41, 5.74) is 0. The molecule has 3 N–H and O–H groups in total. The molecule has 504 valence electrons. The van der Waals surface area contributed by atoms with Gasteiger partial charge in [0.15, 0.2) is 12.2 Å². The van der Waals surface area contributed by atoms with Crippen LogP contribution in [0.3, 0.4) is 0 Å². The van der Waals surface area contributed by atoms with Crippen LogP contribution in [0.4, 0.5) is 0 Å². The molecule has 19 heteroatoms. The van der Waals surface area contributed by atoms with Gasteiger partial charge in [0, 0.05) is 25.7 Å². The molecule has 0 aromatic heterocycles. The number of carbonyl (C=O) groups is 4. The summed E-state index contributed by atoms with van der Waals surface area (Å²) in [5, 5.41) is 10.5. The summed E-state index contributed by atoms with van der Waals surface area (Å²) in [6.07, 6.45) is 44.7. The average molecular weight is 1260 g/mol. The van der Waals surface area contributed by atoms with Gasteiger partial charge in [-0.05, 0) is 31.6 Å². The van der Waals surface area contributed by atoms with Crippen molar-refractivity contribution in [2.24, 2.45) is 5.92 Å². The lowest BCUT2D eigenvalue weighted by Gasteiger charge is -2.21. The summed E-state index contributed by atoms with van der Waals surface area (Å²) in [5.74, 6) is -1.47. The minimum atomic E-state index is -4.95. The molecule has 0 heterocycles. The van der Waals surface area contributed by atoms with Crippen molar-refractivity contribution in [3.63, 3.8) is 0 Å². The van der Waals surface area contributed by atoms with E-state index >= 15 is 0 Å². The topological polar surface area (TPSA) is 237 Å². The van der Waals surface area contributed by atoms with Gasteiger partial charge in [0.05, 0.1) is 26.4 Å². The summed E-state index contributed by atoms with van der Waals surface area (Å²) in [6, 6.07) is 0. The zero-order valence-electron chi connectivity index (χ0n) is 54.7. The summed E-state index contributed by atoms with van der Waals surface area (Å²) in [7, 11) is -9.88. The second kappa shape index (κ2) is 59.7. The summed E-state index contributed by atoms with van der Waals surface area (Å²) in [4.78, 5) is 72.2. The average Bonchev–Trinajstić information content (AvgIpc) is 3.56. The van der Waals surface area contributed by atoms with Gasteiger partial charge in [-0.1, -0.05) is 285 Å². The maximum absolute atomic E-state index is 13.0. The number of unbranched alkanes of at least 4 members (excludes halogenated alkanes) is 38. The van der Waals surface area contributed by atoms with E-state index in [9.17, 15) is 43.2 Å². The predicted octanol–water partition coefficient (Wildman–Crippen LogP) is 18.6. The lowest BCUT2D eigenvalue weighted by Crippen LogP contribution is -2.30. The summed E-state index contributed by atoms with van der Waals surface area (Å²) >= 11 is 0. The Morgan fingerprint density at radius 2 is 0.541 bits per heavy atom. The molecule has 0 rings (SSSR count). The fourth-order valence-corrected chi connectivity index (χ4v) is 11.5. The molecule has 0 aliphatic heterocycles. The quantitative estimate of drug-likeness (QED) is 0.0222. The Morgan fingerprint density at radius 3 is 0.800 bits per heavy atom. The van der Waals surface area contributed by atoms with Crippen LogP contribution >= 0.6 is 15.6 Å². The first-order chi connectivity index (χ1) is 41.0. The molecular weight excluding hydrogens is 1130 g/mol.